The summed E-state index contributed by atoms with van der Waals surface area (Å²) in [4.78, 5) is 0. The molecule has 0 rings (SSSR count). The third kappa shape index (κ3) is 3.85. The van der Waals surface area contributed by atoms with Crippen molar-refractivity contribution in [3.8, 4) is 0 Å². The summed E-state index contributed by atoms with van der Waals surface area (Å²) in [5.41, 5.74) is 0. The summed E-state index contributed by atoms with van der Waals surface area (Å²) >= 11 is 0. The SMILES string of the molecule is CCC(O)CC(CC)NC. The lowest BCUT2D eigenvalue weighted by Crippen LogP contribution is -2.28. The maximum absolute atomic E-state index is 9.25. The van der Waals surface area contributed by atoms with Gasteiger partial charge in [-0.2, -0.15) is 0 Å². The summed E-state index contributed by atoms with van der Waals surface area (Å²) in [6.07, 6.45) is 2.70. The summed E-state index contributed by atoms with van der Waals surface area (Å²) in [7, 11) is 1.94. The fraction of sp³-hybridized carbons (Fsp3) is 1.00. The first-order valence-corrected chi connectivity index (χ1v) is 4.09. The maximum atomic E-state index is 9.25. The van der Waals surface area contributed by atoms with Crippen LogP contribution >= 0.6 is 0 Å². The van der Waals surface area contributed by atoms with Crippen LogP contribution in [0, 0.1) is 0 Å². The molecule has 0 radical (unpaired) electrons. The molecule has 0 bridgehead atoms. The minimum absolute atomic E-state index is 0.127. The molecule has 0 fully saturated rings. The van der Waals surface area contributed by atoms with E-state index in [1.54, 1.807) is 0 Å². The van der Waals surface area contributed by atoms with Crippen LogP contribution in [0.25, 0.3) is 0 Å². The largest absolute Gasteiger partial charge is 0.393 e. The van der Waals surface area contributed by atoms with Crippen molar-refractivity contribution in [1.82, 2.24) is 5.32 Å². The second kappa shape index (κ2) is 5.69. The lowest BCUT2D eigenvalue weighted by atomic mass is 10.1. The molecular weight excluding hydrogens is 126 g/mol. The third-order valence-electron chi connectivity index (χ3n) is 1.93. The lowest BCUT2D eigenvalue weighted by Gasteiger charge is -2.16. The quantitative estimate of drug-likeness (QED) is 0.608. The van der Waals surface area contributed by atoms with Crippen LogP contribution in [0.4, 0.5) is 0 Å². The molecule has 0 aromatic heterocycles. The monoisotopic (exact) mass is 145 g/mol. The fourth-order valence-corrected chi connectivity index (χ4v) is 0.984. The van der Waals surface area contributed by atoms with Crippen LogP contribution < -0.4 is 5.32 Å². The van der Waals surface area contributed by atoms with Gasteiger partial charge < -0.3 is 10.4 Å². The Bertz CT molecular complexity index is 71.7. The van der Waals surface area contributed by atoms with Gasteiger partial charge in [0.05, 0.1) is 6.10 Å². The summed E-state index contributed by atoms with van der Waals surface area (Å²) in [5.74, 6) is 0. The highest BCUT2D eigenvalue weighted by Crippen LogP contribution is 2.03. The molecule has 2 N–H and O–H groups in total. The van der Waals surface area contributed by atoms with Crippen LogP contribution in [0.1, 0.15) is 33.1 Å². The van der Waals surface area contributed by atoms with E-state index in [1.165, 1.54) is 0 Å². The van der Waals surface area contributed by atoms with Crippen LogP contribution in [0.2, 0.25) is 0 Å². The summed E-state index contributed by atoms with van der Waals surface area (Å²) in [6, 6.07) is 0.481. The van der Waals surface area contributed by atoms with Gasteiger partial charge in [-0.3, -0.25) is 0 Å². The summed E-state index contributed by atoms with van der Waals surface area (Å²) in [6.45, 7) is 4.14. The van der Waals surface area contributed by atoms with Crippen molar-refractivity contribution in [3.05, 3.63) is 0 Å². The number of hydrogen-bond donors (Lipinski definition) is 2. The Morgan fingerprint density at radius 2 is 1.90 bits per heavy atom. The Balaban J connectivity index is 3.41. The van der Waals surface area contributed by atoms with Gasteiger partial charge in [0.1, 0.15) is 0 Å². The van der Waals surface area contributed by atoms with Crippen LogP contribution in [0.5, 0.6) is 0 Å². The summed E-state index contributed by atoms with van der Waals surface area (Å²) in [5, 5.41) is 12.4. The number of nitrogens with one attached hydrogen (secondary N) is 1. The van der Waals surface area contributed by atoms with E-state index < -0.39 is 0 Å². The van der Waals surface area contributed by atoms with Crippen molar-refractivity contribution < 1.29 is 5.11 Å². The first-order chi connectivity index (χ1) is 4.74. The Morgan fingerprint density at radius 1 is 1.30 bits per heavy atom. The molecule has 0 saturated carbocycles. The van der Waals surface area contributed by atoms with Crippen LogP contribution in [-0.4, -0.2) is 24.3 Å². The molecule has 2 atom stereocenters. The number of rotatable bonds is 5. The molecule has 0 amide bonds. The van der Waals surface area contributed by atoms with E-state index in [2.05, 4.69) is 12.2 Å². The molecule has 0 aliphatic carbocycles. The average Bonchev–Trinajstić information content (AvgIpc) is 1.99. The summed E-state index contributed by atoms with van der Waals surface area (Å²) < 4.78 is 0. The second-order valence-electron chi connectivity index (χ2n) is 2.69. The molecule has 0 aromatic rings. The van der Waals surface area contributed by atoms with Gasteiger partial charge in [0.2, 0.25) is 0 Å². The van der Waals surface area contributed by atoms with Crippen molar-refractivity contribution in [3.63, 3.8) is 0 Å². The van der Waals surface area contributed by atoms with E-state index in [-0.39, 0.29) is 6.10 Å². The number of hydrogen-bond acceptors (Lipinski definition) is 2. The standard InChI is InChI=1S/C8H19NO/c1-4-7(9-3)6-8(10)5-2/h7-10H,4-6H2,1-3H3. The van der Waals surface area contributed by atoms with Gasteiger partial charge in [0.25, 0.3) is 0 Å². The molecule has 0 heterocycles. The Kier molecular flexibility index (Phi) is 5.64. The maximum Gasteiger partial charge on any atom is 0.0552 e. The van der Waals surface area contributed by atoms with Crippen molar-refractivity contribution >= 4 is 0 Å². The molecule has 10 heavy (non-hydrogen) atoms. The molecule has 0 aliphatic heterocycles. The van der Waals surface area contributed by atoms with E-state index in [0.717, 1.165) is 19.3 Å². The average molecular weight is 145 g/mol. The van der Waals surface area contributed by atoms with Gasteiger partial charge in [0.15, 0.2) is 0 Å². The van der Waals surface area contributed by atoms with E-state index in [9.17, 15) is 5.11 Å². The number of aliphatic hydroxyl groups is 1. The van der Waals surface area contributed by atoms with Crippen molar-refractivity contribution in [1.29, 1.82) is 0 Å². The lowest BCUT2D eigenvalue weighted by molar-refractivity contribution is 0.145. The first-order valence-electron chi connectivity index (χ1n) is 4.09. The second-order valence-corrected chi connectivity index (χ2v) is 2.69. The molecule has 2 unspecified atom stereocenters. The van der Waals surface area contributed by atoms with Crippen LogP contribution in [-0.2, 0) is 0 Å². The predicted octanol–water partition coefficient (Wildman–Crippen LogP) is 1.15. The van der Waals surface area contributed by atoms with Gasteiger partial charge >= 0.3 is 0 Å². The topological polar surface area (TPSA) is 32.3 Å². The minimum Gasteiger partial charge on any atom is -0.393 e. The Morgan fingerprint density at radius 3 is 2.20 bits per heavy atom. The zero-order valence-corrected chi connectivity index (χ0v) is 7.22. The van der Waals surface area contributed by atoms with Gasteiger partial charge in [-0.05, 0) is 26.3 Å². The normalized spacial score (nSPS) is 16.8. The fourth-order valence-electron chi connectivity index (χ4n) is 0.984. The molecular formula is C8H19NO. The highest BCUT2D eigenvalue weighted by atomic mass is 16.3. The number of aliphatic hydroxyl groups excluding tert-OH is 1. The molecule has 0 spiro atoms. The Hall–Kier alpha value is -0.0800. The van der Waals surface area contributed by atoms with Crippen molar-refractivity contribution in [2.75, 3.05) is 7.05 Å². The smallest absolute Gasteiger partial charge is 0.0552 e. The highest BCUT2D eigenvalue weighted by Gasteiger charge is 2.08. The van der Waals surface area contributed by atoms with E-state index in [0.29, 0.717) is 6.04 Å². The van der Waals surface area contributed by atoms with Gasteiger partial charge in [-0.25, -0.2) is 0 Å². The van der Waals surface area contributed by atoms with Gasteiger partial charge in [0, 0.05) is 6.04 Å². The predicted molar refractivity (Wildman–Crippen MR) is 44.1 cm³/mol. The molecule has 2 nitrogen and oxygen atoms in total. The molecule has 0 aromatic carbocycles. The molecule has 2 heteroatoms. The van der Waals surface area contributed by atoms with E-state index in [1.807, 2.05) is 14.0 Å². The zero-order valence-electron chi connectivity index (χ0n) is 7.22. The van der Waals surface area contributed by atoms with E-state index in [4.69, 9.17) is 0 Å². The van der Waals surface area contributed by atoms with Gasteiger partial charge in [-0.1, -0.05) is 13.8 Å². The van der Waals surface area contributed by atoms with Crippen LogP contribution in [0.15, 0.2) is 0 Å². The Labute approximate surface area is 63.6 Å². The molecule has 0 aliphatic rings. The van der Waals surface area contributed by atoms with Crippen LogP contribution in [0.3, 0.4) is 0 Å². The van der Waals surface area contributed by atoms with Crippen molar-refractivity contribution in [2.45, 2.75) is 45.3 Å². The minimum atomic E-state index is -0.127. The van der Waals surface area contributed by atoms with Gasteiger partial charge in [-0.15, -0.1) is 0 Å². The zero-order chi connectivity index (χ0) is 7.98. The molecule has 62 valence electrons. The highest BCUT2D eigenvalue weighted by molar-refractivity contribution is 4.66. The molecule has 0 saturated heterocycles. The van der Waals surface area contributed by atoms with Crippen molar-refractivity contribution in [2.24, 2.45) is 0 Å². The van der Waals surface area contributed by atoms with E-state index >= 15 is 0 Å². The first kappa shape index (κ1) is 9.92. The third-order valence-corrected chi connectivity index (χ3v) is 1.93.